The monoisotopic (exact) mass is 278 g/mol. The summed E-state index contributed by atoms with van der Waals surface area (Å²) >= 11 is 0. The number of carboxylic acid groups (broad SMARTS) is 1. The second-order valence-corrected chi connectivity index (χ2v) is 5.31. The van der Waals surface area contributed by atoms with Gasteiger partial charge in [-0.25, -0.2) is 0 Å². The number of ether oxygens (including phenoxy) is 1. The molecule has 1 saturated heterocycles. The van der Waals surface area contributed by atoms with Crippen LogP contribution in [-0.4, -0.2) is 43.4 Å². The Labute approximate surface area is 119 Å². The summed E-state index contributed by atoms with van der Waals surface area (Å²) in [6.45, 7) is 7.37. The van der Waals surface area contributed by atoms with Gasteiger partial charge in [0, 0.05) is 18.8 Å². The number of carboxylic acids is 1. The highest BCUT2D eigenvalue weighted by atomic mass is 16.5. The standard InChI is InChI=1S/C15H22N2O3/c1-10-8-14(17-3-5-20-6-4-17)11(2)7-12(10)9-13(16)15(18)19/h7-8,13H,3-6,9,16H2,1-2H3,(H,18,19). The highest BCUT2D eigenvalue weighted by Crippen LogP contribution is 2.25. The number of nitrogens with zero attached hydrogens (tertiary/aromatic N) is 1. The molecule has 0 radical (unpaired) electrons. The predicted molar refractivity (Wildman–Crippen MR) is 78.3 cm³/mol. The van der Waals surface area contributed by atoms with Crippen LogP contribution >= 0.6 is 0 Å². The van der Waals surface area contributed by atoms with Gasteiger partial charge in [-0.05, 0) is 43.0 Å². The van der Waals surface area contributed by atoms with Gasteiger partial charge in [0.1, 0.15) is 6.04 Å². The quantitative estimate of drug-likeness (QED) is 0.862. The number of hydrogen-bond acceptors (Lipinski definition) is 4. The minimum atomic E-state index is -0.959. The molecule has 3 N–H and O–H groups in total. The van der Waals surface area contributed by atoms with Gasteiger partial charge in [-0.2, -0.15) is 0 Å². The Hall–Kier alpha value is -1.59. The number of carbonyl (C=O) groups is 1. The van der Waals surface area contributed by atoms with Gasteiger partial charge in [0.25, 0.3) is 0 Å². The van der Waals surface area contributed by atoms with E-state index in [0.29, 0.717) is 6.42 Å². The molecule has 1 fully saturated rings. The molecule has 1 aliphatic rings. The van der Waals surface area contributed by atoms with Gasteiger partial charge in [-0.1, -0.05) is 6.07 Å². The first-order valence-electron chi connectivity index (χ1n) is 6.90. The zero-order valence-electron chi connectivity index (χ0n) is 12.1. The van der Waals surface area contributed by atoms with Gasteiger partial charge in [0.2, 0.25) is 0 Å². The molecular weight excluding hydrogens is 256 g/mol. The predicted octanol–water partition coefficient (Wildman–Crippen LogP) is 1.09. The van der Waals surface area contributed by atoms with Crippen LogP contribution in [0.4, 0.5) is 5.69 Å². The lowest BCUT2D eigenvalue weighted by Crippen LogP contribution is -2.37. The van der Waals surface area contributed by atoms with E-state index in [1.807, 2.05) is 6.92 Å². The fraction of sp³-hybridized carbons (Fsp3) is 0.533. The second kappa shape index (κ2) is 6.24. The lowest BCUT2D eigenvalue weighted by atomic mass is 9.97. The third-order valence-electron chi connectivity index (χ3n) is 3.76. The van der Waals surface area contributed by atoms with Crippen LogP contribution in [0.15, 0.2) is 12.1 Å². The molecule has 1 unspecified atom stereocenters. The van der Waals surface area contributed by atoms with Gasteiger partial charge in [-0.3, -0.25) is 4.79 Å². The average molecular weight is 278 g/mol. The Morgan fingerprint density at radius 1 is 1.35 bits per heavy atom. The number of aryl methyl sites for hydroxylation is 2. The molecule has 5 heteroatoms. The Bertz CT molecular complexity index is 496. The normalized spacial score (nSPS) is 17.1. The molecule has 2 rings (SSSR count). The van der Waals surface area contributed by atoms with Crippen molar-refractivity contribution in [2.24, 2.45) is 5.73 Å². The van der Waals surface area contributed by atoms with E-state index < -0.39 is 12.0 Å². The first-order valence-corrected chi connectivity index (χ1v) is 6.90. The Morgan fingerprint density at radius 3 is 2.60 bits per heavy atom. The van der Waals surface area contributed by atoms with Crippen LogP contribution in [0, 0.1) is 13.8 Å². The van der Waals surface area contributed by atoms with Crippen molar-refractivity contribution in [1.82, 2.24) is 0 Å². The van der Waals surface area contributed by atoms with Crippen LogP contribution in [0.1, 0.15) is 16.7 Å². The minimum absolute atomic E-state index is 0.366. The fourth-order valence-electron chi connectivity index (χ4n) is 2.55. The number of benzene rings is 1. The molecule has 0 aromatic heterocycles. The molecule has 0 spiro atoms. The largest absolute Gasteiger partial charge is 0.480 e. The lowest BCUT2D eigenvalue weighted by molar-refractivity contribution is -0.138. The summed E-state index contributed by atoms with van der Waals surface area (Å²) < 4.78 is 5.37. The van der Waals surface area contributed by atoms with Crippen LogP contribution in [0.3, 0.4) is 0 Å². The Kier molecular flexibility index (Phi) is 4.62. The fourth-order valence-corrected chi connectivity index (χ4v) is 2.55. The van der Waals surface area contributed by atoms with Crippen molar-refractivity contribution in [2.75, 3.05) is 31.2 Å². The van der Waals surface area contributed by atoms with Crippen LogP contribution in [0.2, 0.25) is 0 Å². The van der Waals surface area contributed by atoms with Crippen molar-refractivity contribution in [3.63, 3.8) is 0 Å². The van der Waals surface area contributed by atoms with Gasteiger partial charge in [0.05, 0.1) is 13.2 Å². The SMILES string of the molecule is Cc1cc(N2CCOCC2)c(C)cc1CC(N)C(=O)O. The van der Waals surface area contributed by atoms with E-state index in [4.69, 9.17) is 15.6 Å². The topological polar surface area (TPSA) is 75.8 Å². The van der Waals surface area contributed by atoms with Gasteiger partial charge >= 0.3 is 5.97 Å². The summed E-state index contributed by atoms with van der Waals surface area (Å²) in [5, 5.41) is 8.91. The molecule has 0 amide bonds. The molecule has 1 aliphatic heterocycles. The zero-order valence-corrected chi connectivity index (χ0v) is 12.1. The van der Waals surface area contributed by atoms with Gasteiger partial charge < -0.3 is 20.5 Å². The van der Waals surface area contributed by atoms with E-state index in [1.54, 1.807) is 0 Å². The van der Waals surface area contributed by atoms with E-state index in [0.717, 1.165) is 43.0 Å². The van der Waals surface area contributed by atoms with E-state index in [2.05, 4.69) is 24.0 Å². The number of anilines is 1. The van der Waals surface area contributed by atoms with Crippen molar-refractivity contribution >= 4 is 11.7 Å². The van der Waals surface area contributed by atoms with Crippen molar-refractivity contribution in [3.05, 3.63) is 28.8 Å². The molecule has 1 heterocycles. The first-order chi connectivity index (χ1) is 9.49. The summed E-state index contributed by atoms with van der Waals surface area (Å²) in [5.74, 6) is -0.959. The number of rotatable bonds is 4. The molecule has 5 nitrogen and oxygen atoms in total. The third-order valence-corrected chi connectivity index (χ3v) is 3.76. The van der Waals surface area contributed by atoms with Crippen LogP contribution in [0.25, 0.3) is 0 Å². The average Bonchev–Trinajstić information content (AvgIpc) is 2.43. The maximum absolute atomic E-state index is 10.9. The van der Waals surface area contributed by atoms with E-state index in [1.165, 1.54) is 5.69 Å². The van der Waals surface area contributed by atoms with E-state index >= 15 is 0 Å². The smallest absolute Gasteiger partial charge is 0.320 e. The number of hydrogen-bond donors (Lipinski definition) is 2. The van der Waals surface area contributed by atoms with Gasteiger partial charge in [-0.15, -0.1) is 0 Å². The first kappa shape index (κ1) is 14.8. The van der Waals surface area contributed by atoms with Crippen LogP contribution in [0.5, 0.6) is 0 Å². The number of nitrogens with two attached hydrogens (primary N) is 1. The Morgan fingerprint density at radius 2 is 2.00 bits per heavy atom. The van der Waals surface area contributed by atoms with Crippen molar-refractivity contribution < 1.29 is 14.6 Å². The zero-order chi connectivity index (χ0) is 14.7. The number of morpholine rings is 1. The molecule has 0 saturated carbocycles. The Balaban J connectivity index is 2.21. The molecule has 0 bridgehead atoms. The van der Waals surface area contributed by atoms with E-state index in [9.17, 15) is 4.79 Å². The summed E-state index contributed by atoms with van der Waals surface area (Å²) in [6.07, 6.45) is 0.366. The van der Waals surface area contributed by atoms with Crippen molar-refractivity contribution in [3.8, 4) is 0 Å². The summed E-state index contributed by atoms with van der Waals surface area (Å²) in [7, 11) is 0. The maximum Gasteiger partial charge on any atom is 0.320 e. The van der Waals surface area contributed by atoms with Crippen LogP contribution < -0.4 is 10.6 Å². The minimum Gasteiger partial charge on any atom is -0.480 e. The van der Waals surface area contributed by atoms with E-state index in [-0.39, 0.29) is 0 Å². The number of aliphatic carboxylic acids is 1. The van der Waals surface area contributed by atoms with Crippen LogP contribution in [-0.2, 0) is 16.0 Å². The summed E-state index contributed by atoms with van der Waals surface area (Å²) in [4.78, 5) is 13.2. The second-order valence-electron chi connectivity index (χ2n) is 5.31. The maximum atomic E-state index is 10.9. The summed E-state index contributed by atoms with van der Waals surface area (Å²) in [6, 6.07) is 3.34. The molecule has 0 aliphatic carbocycles. The molecule has 1 aromatic rings. The van der Waals surface area contributed by atoms with Crippen molar-refractivity contribution in [2.45, 2.75) is 26.3 Å². The molecule has 1 aromatic carbocycles. The molecule has 110 valence electrons. The third kappa shape index (κ3) is 3.29. The highest BCUT2D eigenvalue weighted by Gasteiger charge is 2.17. The van der Waals surface area contributed by atoms with Gasteiger partial charge in [0.15, 0.2) is 0 Å². The van der Waals surface area contributed by atoms with Crippen molar-refractivity contribution in [1.29, 1.82) is 0 Å². The molecule has 1 atom stereocenters. The molecule has 20 heavy (non-hydrogen) atoms. The molecular formula is C15H22N2O3. The summed E-state index contributed by atoms with van der Waals surface area (Å²) in [5.41, 5.74) is 10.1. The lowest BCUT2D eigenvalue weighted by Gasteiger charge is -2.31. The highest BCUT2D eigenvalue weighted by molar-refractivity contribution is 5.73.